The summed E-state index contributed by atoms with van der Waals surface area (Å²) < 4.78 is 5.84. The van der Waals surface area contributed by atoms with E-state index in [1.165, 1.54) is 0 Å². The zero-order valence-corrected chi connectivity index (χ0v) is 12.7. The molecule has 1 aromatic rings. The van der Waals surface area contributed by atoms with E-state index in [0.29, 0.717) is 28.8 Å². The van der Waals surface area contributed by atoms with E-state index in [1.807, 2.05) is 11.8 Å². The first-order valence-corrected chi connectivity index (χ1v) is 7.35. The summed E-state index contributed by atoms with van der Waals surface area (Å²) in [5, 5.41) is 10.1. The maximum atomic E-state index is 11.2. The maximum Gasteiger partial charge on any atom is 0.320 e. The molecule has 0 radical (unpaired) electrons. The highest BCUT2D eigenvalue weighted by atomic mass is 35.5. The van der Waals surface area contributed by atoms with Gasteiger partial charge in [-0.25, -0.2) is 0 Å². The number of carboxylic acid groups (broad SMARTS) is 1. The number of hydrogen-bond acceptors (Lipinski definition) is 3. The topological polar surface area (TPSA) is 49.8 Å². The number of hydrogen-bond donors (Lipinski definition) is 1. The molecular formula is C14H17Cl2NO3. The Hall–Kier alpha value is -0.970. The van der Waals surface area contributed by atoms with Gasteiger partial charge < -0.3 is 9.84 Å². The Morgan fingerprint density at radius 3 is 2.85 bits per heavy atom. The Kier molecular flexibility index (Phi) is 5.13. The van der Waals surface area contributed by atoms with Gasteiger partial charge in [-0.1, -0.05) is 30.1 Å². The van der Waals surface area contributed by atoms with Gasteiger partial charge in [0.1, 0.15) is 17.9 Å². The highest BCUT2D eigenvalue weighted by molar-refractivity contribution is 6.42. The molecule has 0 unspecified atom stereocenters. The molecule has 0 aromatic heterocycles. The van der Waals surface area contributed by atoms with Crippen LogP contribution in [0.4, 0.5) is 0 Å². The lowest BCUT2D eigenvalue weighted by Crippen LogP contribution is -2.40. The molecule has 1 saturated heterocycles. The second kappa shape index (κ2) is 6.66. The Morgan fingerprint density at radius 2 is 2.25 bits per heavy atom. The van der Waals surface area contributed by atoms with Crippen molar-refractivity contribution in [3.63, 3.8) is 0 Å². The average Bonchev–Trinajstić information content (AvgIpc) is 2.82. The van der Waals surface area contributed by atoms with Crippen LogP contribution in [-0.2, 0) is 4.79 Å². The smallest absolute Gasteiger partial charge is 0.320 e. The molecule has 1 aromatic carbocycles. The van der Waals surface area contributed by atoms with Gasteiger partial charge >= 0.3 is 5.97 Å². The largest absolute Gasteiger partial charge is 0.489 e. The molecule has 2 rings (SSSR count). The average molecular weight is 318 g/mol. The van der Waals surface area contributed by atoms with Gasteiger partial charge in [0.25, 0.3) is 0 Å². The van der Waals surface area contributed by atoms with Crippen LogP contribution in [0.5, 0.6) is 5.75 Å². The molecule has 6 heteroatoms. The third kappa shape index (κ3) is 3.57. The van der Waals surface area contributed by atoms with Gasteiger partial charge in [-0.2, -0.15) is 0 Å². The van der Waals surface area contributed by atoms with Crippen LogP contribution < -0.4 is 4.74 Å². The summed E-state index contributed by atoms with van der Waals surface area (Å²) in [6.45, 7) is 3.23. The number of halogens is 2. The summed E-state index contributed by atoms with van der Waals surface area (Å²) in [5.41, 5.74) is 0. The van der Waals surface area contributed by atoms with Gasteiger partial charge in [0.2, 0.25) is 0 Å². The van der Waals surface area contributed by atoms with E-state index in [1.54, 1.807) is 18.2 Å². The maximum absolute atomic E-state index is 11.2. The van der Waals surface area contributed by atoms with Gasteiger partial charge in [0.05, 0.1) is 10.0 Å². The summed E-state index contributed by atoms with van der Waals surface area (Å²) in [6.07, 6.45) is 1.39. The van der Waals surface area contributed by atoms with E-state index in [9.17, 15) is 4.79 Å². The molecule has 1 aliphatic heterocycles. The van der Waals surface area contributed by atoms with Crippen LogP contribution in [0.1, 0.15) is 19.8 Å². The summed E-state index contributed by atoms with van der Waals surface area (Å²) in [5.74, 6) is -0.114. The first-order chi connectivity index (χ1) is 9.51. The minimum Gasteiger partial charge on any atom is -0.489 e. The SMILES string of the molecule is CC[C@H](C(=O)O)N1CC[C@H](Oc2ccc(Cl)c(Cl)c2)C1. The number of aliphatic carboxylic acids is 1. The zero-order valence-electron chi connectivity index (χ0n) is 11.2. The van der Waals surface area contributed by atoms with E-state index < -0.39 is 12.0 Å². The number of ether oxygens (including phenoxy) is 1. The second-order valence-electron chi connectivity index (χ2n) is 4.86. The second-order valence-corrected chi connectivity index (χ2v) is 5.68. The number of rotatable bonds is 5. The van der Waals surface area contributed by atoms with Crippen LogP contribution >= 0.6 is 23.2 Å². The summed E-state index contributed by atoms with van der Waals surface area (Å²) in [7, 11) is 0. The normalized spacial score (nSPS) is 20.9. The zero-order chi connectivity index (χ0) is 14.7. The molecule has 1 fully saturated rings. The van der Waals surface area contributed by atoms with Crippen molar-refractivity contribution in [2.75, 3.05) is 13.1 Å². The van der Waals surface area contributed by atoms with E-state index in [0.717, 1.165) is 13.0 Å². The Morgan fingerprint density at radius 1 is 1.50 bits per heavy atom. The lowest BCUT2D eigenvalue weighted by molar-refractivity contribution is -0.143. The first kappa shape index (κ1) is 15.4. The Balaban J connectivity index is 1.96. The third-order valence-electron chi connectivity index (χ3n) is 3.48. The molecule has 0 saturated carbocycles. The number of carboxylic acids is 1. The van der Waals surface area contributed by atoms with Gasteiger partial charge in [-0.15, -0.1) is 0 Å². The molecular weight excluding hydrogens is 301 g/mol. The number of benzene rings is 1. The van der Waals surface area contributed by atoms with Crippen molar-refractivity contribution in [2.45, 2.75) is 31.9 Å². The fraction of sp³-hybridized carbons (Fsp3) is 0.500. The molecule has 1 N–H and O–H groups in total. The van der Waals surface area contributed by atoms with Crippen molar-refractivity contribution < 1.29 is 14.6 Å². The molecule has 1 heterocycles. The highest BCUT2D eigenvalue weighted by Gasteiger charge is 2.32. The third-order valence-corrected chi connectivity index (χ3v) is 4.22. The summed E-state index contributed by atoms with van der Waals surface area (Å²) >= 11 is 11.8. The van der Waals surface area contributed by atoms with Crippen molar-refractivity contribution in [1.29, 1.82) is 0 Å². The van der Waals surface area contributed by atoms with Crippen molar-refractivity contribution >= 4 is 29.2 Å². The quantitative estimate of drug-likeness (QED) is 0.905. The molecule has 1 aliphatic rings. The summed E-state index contributed by atoms with van der Waals surface area (Å²) in [6, 6.07) is 4.71. The predicted octanol–water partition coefficient (Wildman–Crippen LogP) is 3.31. The van der Waals surface area contributed by atoms with Gasteiger partial charge in [-0.05, 0) is 25.0 Å². The molecule has 0 spiro atoms. The van der Waals surface area contributed by atoms with Crippen LogP contribution in [0.25, 0.3) is 0 Å². The predicted molar refractivity (Wildman–Crippen MR) is 78.8 cm³/mol. The fourth-order valence-electron chi connectivity index (χ4n) is 2.46. The molecule has 0 bridgehead atoms. The van der Waals surface area contributed by atoms with Crippen molar-refractivity contribution in [3.05, 3.63) is 28.2 Å². The molecule has 4 nitrogen and oxygen atoms in total. The minimum atomic E-state index is -0.775. The number of carbonyl (C=O) groups is 1. The molecule has 2 atom stereocenters. The standard InChI is InChI=1S/C14H17Cl2NO3/c1-2-13(14(18)19)17-6-5-10(8-17)20-9-3-4-11(15)12(16)7-9/h3-4,7,10,13H,2,5-6,8H2,1H3,(H,18,19)/t10-,13+/m0/s1. The minimum absolute atomic E-state index is 0.0133. The highest BCUT2D eigenvalue weighted by Crippen LogP contribution is 2.28. The number of likely N-dealkylation sites (tertiary alicyclic amines) is 1. The lowest BCUT2D eigenvalue weighted by atomic mass is 10.2. The van der Waals surface area contributed by atoms with E-state index in [4.69, 9.17) is 33.0 Å². The van der Waals surface area contributed by atoms with Gasteiger partial charge in [0.15, 0.2) is 0 Å². The van der Waals surface area contributed by atoms with Crippen LogP contribution in [-0.4, -0.2) is 41.2 Å². The van der Waals surface area contributed by atoms with Crippen LogP contribution in [0.3, 0.4) is 0 Å². The van der Waals surface area contributed by atoms with E-state index in [-0.39, 0.29) is 6.10 Å². The monoisotopic (exact) mass is 317 g/mol. The van der Waals surface area contributed by atoms with Crippen LogP contribution in [0.2, 0.25) is 10.0 Å². The van der Waals surface area contributed by atoms with Crippen LogP contribution in [0.15, 0.2) is 18.2 Å². The Bertz CT molecular complexity index is 495. The van der Waals surface area contributed by atoms with E-state index in [2.05, 4.69) is 0 Å². The molecule has 110 valence electrons. The number of nitrogens with zero attached hydrogens (tertiary/aromatic N) is 1. The van der Waals surface area contributed by atoms with E-state index >= 15 is 0 Å². The Labute approximate surface area is 128 Å². The van der Waals surface area contributed by atoms with Gasteiger partial charge in [0, 0.05) is 19.2 Å². The van der Waals surface area contributed by atoms with Crippen molar-refractivity contribution in [3.8, 4) is 5.75 Å². The summed E-state index contributed by atoms with van der Waals surface area (Å²) in [4.78, 5) is 13.1. The molecule has 0 amide bonds. The fourth-order valence-corrected chi connectivity index (χ4v) is 2.75. The molecule has 0 aliphatic carbocycles. The van der Waals surface area contributed by atoms with Crippen LogP contribution in [0, 0.1) is 0 Å². The van der Waals surface area contributed by atoms with Crippen molar-refractivity contribution in [1.82, 2.24) is 4.90 Å². The molecule has 20 heavy (non-hydrogen) atoms. The first-order valence-electron chi connectivity index (χ1n) is 6.59. The van der Waals surface area contributed by atoms with Crippen molar-refractivity contribution in [2.24, 2.45) is 0 Å². The lowest BCUT2D eigenvalue weighted by Gasteiger charge is -2.22. The van der Waals surface area contributed by atoms with Gasteiger partial charge in [-0.3, -0.25) is 9.69 Å².